The molecule has 3 aliphatic rings. The Morgan fingerprint density at radius 2 is 1.89 bits per heavy atom. The second-order valence-corrected chi connectivity index (χ2v) is 9.91. The predicted molar refractivity (Wildman–Crippen MR) is 130 cm³/mol. The quantitative estimate of drug-likeness (QED) is 0.528. The lowest BCUT2D eigenvalue weighted by atomic mass is 9.73. The number of hydrogen-bond acceptors (Lipinski definition) is 7. The summed E-state index contributed by atoms with van der Waals surface area (Å²) in [7, 11) is 1.79. The van der Waals surface area contributed by atoms with E-state index in [2.05, 4.69) is 30.5 Å². The number of hydrogen-bond donors (Lipinski definition) is 3. The van der Waals surface area contributed by atoms with Gasteiger partial charge in [0, 0.05) is 31.9 Å². The maximum Gasteiger partial charge on any atom is 0.287 e. The van der Waals surface area contributed by atoms with Crippen LogP contribution in [-0.2, 0) is 17.3 Å². The first-order valence-corrected chi connectivity index (χ1v) is 12.3. The first-order chi connectivity index (χ1) is 17.0. The van der Waals surface area contributed by atoms with Gasteiger partial charge in [0.05, 0.1) is 11.5 Å². The number of piperidine rings is 1. The number of anilines is 2. The van der Waals surface area contributed by atoms with Crippen LogP contribution < -0.4 is 15.5 Å². The third-order valence-corrected chi connectivity index (χ3v) is 7.91. The van der Waals surface area contributed by atoms with Crippen molar-refractivity contribution in [1.29, 1.82) is 0 Å². The van der Waals surface area contributed by atoms with E-state index in [0.29, 0.717) is 61.6 Å². The molecule has 0 radical (unpaired) electrons. The van der Waals surface area contributed by atoms with Crippen LogP contribution >= 0.6 is 0 Å². The molecular weight excluding hydrogens is 446 g/mol. The predicted octanol–water partition coefficient (Wildman–Crippen LogP) is 1.89. The van der Waals surface area contributed by atoms with Gasteiger partial charge in [-0.3, -0.25) is 9.59 Å². The van der Waals surface area contributed by atoms with Crippen LogP contribution in [0, 0.1) is 0 Å². The van der Waals surface area contributed by atoms with Crippen molar-refractivity contribution < 1.29 is 14.7 Å². The Kier molecular flexibility index (Phi) is 5.21. The van der Waals surface area contributed by atoms with Crippen molar-refractivity contribution in [2.45, 2.75) is 56.1 Å². The van der Waals surface area contributed by atoms with E-state index in [1.165, 1.54) is 6.33 Å². The molecule has 1 aliphatic carbocycles. The van der Waals surface area contributed by atoms with Crippen molar-refractivity contribution in [2.24, 2.45) is 7.05 Å². The van der Waals surface area contributed by atoms with Gasteiger partial charge in [-0.05, 0) is 50.2 Å². The zero-order valence-electron chi connectivity index (χ0n) is 19.7. The summed E-state index contributed by atoms with van der Waals surface area (Å²) in [6, 6.07) is 7.96. The molecule has 1 saturated carbocycles. The molecule has 0 unspecified atom stereocenters. The maximum absolute atomic E-state index is 13.0. The van der Waals surface area contributed by atoms with Crippen LogP contribution in [0.2, 0.25) is 0 Å². The number of aliphatic hydroxyl groups is 1. The Labute approximate surface area is 202 Å². The molecule has 2 aromatic heterocycles. The lowest BCUT2D eigenvalue weighted by Gasteiger charge is -2.38. The van der Waals surface area contributed by atoms with E-state index >= 15 is 0 Å². The number of imidazole rings is 1. The van der Waals surface area contributed by atoms with E-state index in [9.17, 15) is 14.7 Å². The highest BCUT2D eigenvalue weighted by molar-refractivity contribution is 6.06. The Balaban J connectivity index is 1.24. The van der Waals surface area contributed by atoms with Gasteiger partial charge in [-0.25, -0.2) is 15.0 Å². The van der Waals surface area contributed by atoms with Gasteiger partial charge < -0.3 is 25.2 Å². The molecule has 182 valence electrons. The molecule has 3 N–H and O–H groups in total. The first kappa shape index (κ1) is 22.0. The number of carbonyl (C=O) groups excluding carboxylic acids is 2. The number of benzene rings is 1. The smallest absolute Gasteiger partial charge is 0.287 e. The van der Waals surface area contributed by atoms with E-state index in [1.54, 1.807) is 11.6 Å². The average molecular weight is 476 g/mol. The van der Waals surface area contributed by atoms with Crippen LogP contribution in [0.3, 0.4) is 0 Å². The minimum absolute atomic E-state index is 0.0370. The Hall–Kier alpha value is -3.53. The Morgan fingerprint density at radius 1 is 1.14 bits per heavy atom. The van der Waals surface area contributed by atoms with Crippen LogP contribution in [0.15, 0.2) is 30.6 Å². The first-order valence-electron chi connectivity index (χ1n) is 12.3. The monoisotopic (exact) mass is 475 g/mol. The van der Waals surface area contributed by atoms with Gasteiger partial charge in [0.15, 0.2) is 17.0 Å². The molecular formula is C25H29N7O3. The van der Waals surface area contributed by atoms with Crippen molar-refractivity contribution in [1.82, 2.24) is 24.8 Å². The van der Waals surface area contributed by atoms with Crippen LogP contribution in [0.1, 0.15) is 54.7 Å². The standard InChI is InChI=1S/C25H29N7O3/c1-31-20-19(30-22(31)23(34)28-15-6-8-16(33)9-7-15)21(27-14-26-20)32-12-10-25(11-13-32)17-4-2-3-5-18(17)29-24(25)35/h2-5,14-16,33H,6-13H2,1H3,(H,28,34)(H,29,35)/t15-,16-. The van der Waals surface area contributed by atoms with Crippen molar-refractivity contribution in [3.05, 3.63) is 42.0 Å². The molecule has 6 rings (SSSR count). The summed E-state index contributed by atoms with van der Waals surface area (Å²) in [5, 5.41) is 15.8. The Bertz CT molecular complexity index is 1300. The highest BCUT2D eigenvalue weighted by Gasteiger charge is 2.48. The molecule has 3 aromatic rings. The summed E-state index contributed by atoms with van der Waals surface area (Å²) >= 11 is 0. The van der Waals surface area contributed by atoms with Crippen molar-refractivity contribution in [2.75, 3.05) is 23.3 Å². The molecule has 1 aromatic carbocycles. The number of carbonyl (C=O) groups is 2. The number of para-hydroxylation sites is 1. The molecule has 1 saturated heterocycles. The third kappa shape index (κ3) is 3.54. The van der Waals surface area contributed by atoms with Crippen LogP contribution in [0.25, 0.3) is 11.2 Å². The highest BCUT2D eigenvalue weighted by atomic mass is 16.3. The molecule has 2 fully saturated rings. The summed E-state index contributed by atoms with van der Waals surface area (Å²) in [6.45, 7) is 1.30. The van der Waals surface area contributed by atoms with Gasteiger partial charge in [0.25, 0.3) is 5.91 Å². The topological polar surface area (TPSA) is 125 Å². The van der Waals surface area contributed by atoms with Crippen molar-refractivity contribution in [3.63, 3.8) is 0 Å². The van der Waals surface area contributed by atoms with Gasteiger partial charge in [-0.15, -0.1) is 0 Å². The van der Waals surface area contributed by atoms with Crippen LogP contribution in [0.5, 0.6) is 0 Å². The molecule has 2 aliphatic heterocycles. The molecule has 2 amide bonds. The second-order valence-electron chi connectivity index (χ2n) is 9.91. The molecule has 0 bridgehead atoms. The van der Waals surface area contributed by atoms with E-state index in [1.807, 2.05) is 24.3 Å². The number of aryl methyl sites for hydroxylation is 1. The molecule has 1 spiro atoms. The summed E-state index contributed by atoms with van der Waals surface area (Å²) in [5.41, 5.74) is 2.66. The van der Waals surface area contributed by atoms with Gasteiger partial charge in [-0.1, -0.05) is 18.2 Å². The number of fused-ring (bicyclic) bond motifs is 3. The van der Waals surface area contributed by atoms with Crippen molar-refractivity contribution >= 4 is 34.5 Å². The minimum atomic E-state index is -0.512. The SMILES string of the molecule is Cn1c(C(=O)N[C@H]2CC[C@H](O)CC2)nc2c(N3CCC4(CC3)C(=O)Nc3ccccc34)ncnc21. The second kappa shape index (κ2) is 8.30. The van der Waals surface area contributed by atoms with E-state index < -0.39 is 5.41 Å². The normalized spacial score (nSPS) is 23.4. The fourth-order valence-electron chi connectivity index (χ4n) is 5.86. The number of nitrogens with one attached hydrogen (secondary N) is 2. The maximum atomic E-state index is 13.0. The lowest BCUT2D eigenvalue weighted by Crippen LogP contribution is -2.46. The van der Waals surface area contributed by atoms with Crippen LogP contribution in [-0.4, -0.2) is 61.7 Å². The summed E-state index contributed by atoms with van der Waals surface area (Å²) in [4.78, 5) is 41.7. The van der Waals surface area contributed by atoms with Crippen LogP contribution in [0.4, 0.5) is 11.5 Å². The molecule has 4 heterocycles. The molecule has 10 nitrogen and oxygen atoms in total. The van der Waals surface area contributed by atoms with E-state index in [4.69, 9.17) is 0 Å². The average Bonchev–Trinajstić information content (AvgIpc) is 3.35. The number of aromatic nitrogens is 4. The fourth-order valence-corrected chi connectivity index (χ4v) is 5.86. The zero-order chi connectivity index (χ0) is 24.2. The number of rotatable bonds is 3. The van der Waals surface area contributed by atoms with E-state index in [0.717, 1.165) is 24.1 Å². The summed E-state index contributed by atoms with van der Waals surface area (Å²) in [6.07, 6.45) is 5.49. The Morgan fingerprint density at radius 3 is 2.66 bits per heavy atom. The molecule has 0 atom stereocenters. The van der Waals surface area contributed by atoms with Gasteiger partial charge >= 0.3 is 0 Å². The largest absolute Gasteiger partial charge is 0.393 e. The van der Waals surface area contributed by atoms with Crippen molar-refractivity contribution in [3.8, 4) is 0 Å². The minimum Gasteiger partial charge on any atom is -0.393 e. The van der Waals surface area contributed by atoms with E-state index in [-0.39, 0.29) is 24.0 Å². The highest BCUT2D eigenvalue weighted by Crippen LogP contribution is 2.45. The summed E-state index contributed by atoms with van der Waals surface area (Å²) in [5.74, 6) is 0.810. The zero-order valence-corrected chi connectivity index (χ0v) is 19.7. The van der Waals surface area contributed by atoms with Gasteiger partial charge in [0.1, 0.15) is 6.33 Å². The number of amides is 2. The third-order valence-electron chi connectivity index (χ3n) is 7.91. The number of nitrogens with zero attached hydrogens (tertiary/aromatic N) is 5. The lowest BCUT2D eigenvalue weighted by molar-refractivity contribution is -0.121. The molecule has 35 heavy (non-hydrogen) atoms. The summed E-state index contributed by atoms with van der Waals surface area (Å²) < 4.78 is 1.71. The number of aliphatic hydroxyl groups excluding tert-OH is 1. The molecule has 10 heteroatoms. The fraction of sp³-hybridized carbons (Fsp3) is 0.480. The van der Waals surface area contributed by atoms with Gasteiger partial charge in [0.2, 0.25) is 11.7 Å². The van der Waals surface area contributed by atoms with Gasteiger partial charge in [-0.2, -0.15) is 0 Å².